The van der Waals surface area contributed by atoms with Gasteiger partial charge in [-0.25, -0.2) is 15.0 Å². The number of aryl methyl sites for hydroxylation is 1. The van der Waals surface area contributed by atoms with Gasteiger partial charge in [-0.1, -0.05) is 135 Å². The molecular weight excluding hydrogens is 1010 g/mol. The second kappa shape index (κ2) is 22.4. The molecule has 4 aromatic heterocycles. The number of fused-ring (bicyclic) bond motifs is 8. The van der Waals surface area contributed by atoms with Crippen LogP contribution in [0.4, 0.5) is 22.7 Å². The van der Waals surface area contributed by atoms with E-state index in [4.69, 9.17) is 9.97 Å². The molecule has 6 N–H and O–H groups in total. The van der Waals surface area contributed by atoms with Crippen LogP contribution in [0.25, 0.3) is 90.9 Å². The van der Waals surface area contributed by atoms with E-state index in [-0.39, 0.29) is 23.6 Å². The predicted molar refractivity (Wildman–Crippen MR) is 330 cm³/mol. The maximum atomic E-state index is 13.9. The fourth-order valence-electron chi connectivity index (χ4n) is 9.72. The molecule has 81 heavy (non-hydrogen) atoms. The quantitative estimate of drug-likeness (QED) is 0.0619. The van der Waals surface area contributed by atoms with Crippen molar-refractivity contribution in [3.63, 3.8) is 0 Å². The number of para-hydroxylation sites is 4. The zero-order chi connectivity index (χ0) is 57.2. The number of nitrogens with zero attached hydrogens (tertiary/aromatic N) is 4. The Morgan fingerprint density at radius 2 is 0.753 bits per heavy atom. The van der Waals surface area contributed by atoms with Crippen molar-refractivity contribution in [1.82, 2.24) is 29.5 Å². The largest absolute Gasteiger partial charge is 0.354 e. The highest BCUT2D eigenvalue weighted by Crippen LogP contribution is 2.43. The summed E-state index contributed by atoms with van der Waals surface area (Å²) in [5, 5.41) is 12.9. The number of imidazole rings is 1. The van der Waals surface area contributed by atoms with Gasteiger partial charge >= 0.3 is 0 Å². The lowest BCUT2D eigenvalue weighted by molar-refractivity contribution is -0.123. The molecule has 6 heterocycles. The summed E-state index contributed by atoms with van der Waals surface area (Å²) in [5.74, 6) is -0.573. The van der Waals surface area contributed by atoms with Gasteiger partial charge < -0.3 is 35.8 Å². The van der Waals surface area contributed by atoms with E-state index in [2.05, 4.69) is 36.2 Å². The Kier molecular flexibility index (Phi) is 15.2. The minimum atomic E-state index is -0.698. The monoisotopic (exact) mass is 1080 g/mol. The Bertz CT molecular complexity index is 3920. The molecule has 4 amide bonds. The van der Waals surface area contributed by atoms with E-state index in [0.717, 1.165) is 35.2 Å². The third-order valence-corrected chi connectivity index (χ3v) is 14.2. The van der Waals surface area contributed by atoms with Gasteiger partial charge in [0.05, 0.1) is 29.1 Å². The van der Waals surface area contributed by atoms with Crippen LogP contribution in [0, 0.1) is 16.2 Å². The molecule has 0 radical (unpaired) electrons. The lowest BCUT2D eigenvalue weighted by atomic mass is 9.94. The minimum absolute atomic E-state index is 0.115. The lowest BCUT2D eigenvalue weighted by Crippen LogP contribution is -2.27. The first kappa shape index (κ1) is 54.9. The molecule has 410 valence electrons. The highest BCUT2D eigenvalue weighted by molar-refractivity contribution is 6.08. The molecule has 14 nitrogen and oxygen atoms in total. The third-order valence-electron chi connectivity index (χ3n) is 14.2. The molecule has 0 saturated carbocycles. The standard InChI is InChI=1S/C67H68N10O4/c1-65(2,3)62(79)74-46-25-15-11-21-42(46)59-51-31-29-49(69-51)58(41-20-10-14-24-45(41)73-57(78)28-18-19-38-77-39-37-68-40-77)50-30-32-52(70-50)60(43-22-12-16-26-47(43)75-63(80)66(4,5)6)54-34-36-56(72-54)61(55-35-33-53(59)71-55)44-23-13-17-27-48(44)76-64(81)67(7,8)9/h10-17,20-27,29-37,39-40,69,72H,18-19,28,38H2,1-9H3,(H,73,78)(H,74,79)(H,75,80)(H,76,81). The summed E-state index contributed by atoms with van der Waals surface area (Å²) < 4.78 is 2.01. The second-order valence-corrected chi connectivity index (χ2v) is 23.6. The number of rotatable bonds is 13. The zero-order valence-corrected chi connectivity index (χ0v) is 47.3. The Morgan fingerprint density at radius 3 is 1.06 bits per heavy atom. The topological polar surface area (TPSA) is 192 Å². The lowest BCUT2D eigenvalue weighted by Gasteiger charge is -2.20. The first-order valence-electron chi connectivity index (χ1n) is 27.4. The summed E-state index contributed by atoms with van der Waals surface area (Å²) in [7, 11) is 0. The van der Waals surface area contributed by atoms with E-state index >= 15 is 0 Å². The minimum Gasteiger partial charge on any atom is -0.354 e. The maximum absolute atomic E-state index is 13.9. The van der Waals surface area contributed by atoms with Gasteiger partial charge in [-0.15, -0.1) is 0 Å². The zero-order valence-electron chi connectivity index (χ0n) is 47.3. The number of aromatic amines is 2. The molecule has 0 spiro atoms. The highest BCUT2D eigenvalue weighted by Gasteiger charge is 2.28. The number of unbranched alkanes of at least 4 members (excludes halogenated alkanes) is 1. The van der Waals surface area contributed by atoms with Gasteiger partial charge in [0.15, 0.2) is 0 Å². The number of benzene rings is 4. The Balaban J connectivity index is 1.29. The molecule has 0 unspecified atom stereocenters. The molecule has 8 bridgehead atoms. The number of anilines is 4. The van der Waals surface area contributed by atoms with Crippen LogP contribution in [0.15, 0.2) is 140 Å². The smallest absolute Gasteiger partial charge is 0.229 e. The molecule has 0 fully saturated rings. The number of carbonyl (C=O) groups excluding carboxylic acids is 4. The summed E-state index contributed by atoms with van der Waals surface area (Å²) in [6, 6.07) is 38.9. The SMILES string of the molecule is CC(C)(C)C(=O)Nc1ccccc1-c1c2nc(c(-c3ccccc3NC(=O)C(C)(C)C)c3ccc([nH]3)c(-c3ccccc3NC(=O)C(C)(C)C)c3nc(c(-c4ccccc4NC(=O)CCCCn4ccnc4)c4ccc1[nH]4)C=C3)C=C2. The van der Waals surface area contributed by atoms with Crippen LogP contribution in [0.3, 0.4) is 0 Å². The van der Waals surface area contributed by atoms with Crippen molar-refractivity contribution >= 4 is 92.7 Å². The maximum Gasteiger partial charge on any atom is 0.229 e. The molecular formula is C67H68N10O4. The van der Waals surface area contributed by atoms with Gasteiger partial charge in [-0.3, -0.25) is 19.2 Å². The summed E-state index contributed by atoms with van der Waals surface area (Å²) in [6.45, 7) is 17.7. The number of H-pyrrole nitrogens is 2. The Hall–Kier alpha value is -9.43. The number of hydrogen-bond acceptors (Lipinski definition) is 7. The summed E-state index contributed by atoms with van der Waals surface area (Å²) in [4.78, 5) is 78.3. The highest BCUT2D eigenvalue weighted by atomic mass is 16.2. The van der Waals surface area contributed by atoms with E-state index in [1.807, 2.05) is 219 Å². The van der Waals surface area contributed by atoms with Gasteiger partial charge in [-0.05, 0) is 85.7 Å². The van der Waals surface area contributed by atoms with Crippen LogP contribution in [0.5, 0.6) is 0 Å². The normalized spacial score (nSPS) is 12.3. The van der Waals surface area contributed by atoms with E-state index in [9.17, 15) is 19.2 Å². The average Bonchev–Trinajstić information content (AvgIpc) is 4.43. The van der Waals surface area contributed by atoms with Crippen LogP contribution in [0.1, 0.15) is 104 Å². The van der Waals surface area contributed by atoms with Crippen molar-refractivity contribution in [3.8, 4) is 44.5 Å². The van der Waals surface area contributed by atoms with Crippen LogP contribution >= 0.6 is 0 Å². The number of amides is 4. The molecule has 0 saturated heterocycles. The molecule has 0 atom stereocenters. The summed E-state index contributed by atoms with van der Waals surface area (Å²) in [6.07, 6.45) is 15.2. The van der Waals surface area contributed by atoms with E-state index < -0.39 is 16.2 Å². The summed E-state index contributed by atoms with van der Waals surface area (Å²) in [5.41, 5.74) is 11.3. The van der Waals surface area contributed by atoms with Gasteiger partial charge in [0.2, 0.25) is 23.6 Å². The molecule has 2 aliphatic rings. The van der Waals surface area contributed by atoms with E-state index in [1.54, 1.807) is 12.5 Å². The van der Waals surface area contributed by atoms with Crippen molar-refractivity contribution in [2.24, 2.45) is 16.2 Å². The van der Waals surface area contributed by atoms with Gasteiger partial charge in [-0.2, -0.15) is 0 Å². The summed E-state index contributed by atoms with van der Waals surface area (Å²) >= 11 is 0. The average molecular weight is 1080 g/mol. The first-order chi connectivity index (χ1) is 38.7. The van der Waals surface area contributed by atoms with Crippen LogP contribution in [-0.2, 0) is 25.7 Å². The number of aromatic nitrogens is 6. The number of nitrogens with one attached hydrogen (secondary N) is 6. The fraction of sp³-hybridized carbons (Fsp3) is 0.239. The molecule has 14 heteroatoms. The van der Waals surface area contributed by atoms with Crippen molar-refractivity contribution < 1.29 is 19.2 Å². The molecule has 4 aromatic carbocycles. The Labute approximate surface area is 472 Å². The second-order valence-electron chi connectivity index (χ2n) is 23.6. The molecule has 8 aromatic rings. The van der Waals surface area contributed by atoms with Gasteiger partial charge in [0.25, 0.3) is 0 Å². The van der Waals surface area contributed by atoms with E-state index in [0.29, 0.717) is 103 Å². The predicted octanol–water partition coefficient (Wildman–Crippen LogP) is 15.3. The van der Waals surface area contributed by atoms with Crippen molar-refractivity contribution in [2.75, 3.05) is 21.3 Å². The first-order valence-corrected chi connectivity index (χ1v) is 27.4. The van der Waals surface area contributed by atoms with Crippen molar-refractivity contribution in [2.45, 2.75) is 88.1 Å². The molecule has 10 rings (SSSR count). The van der Waals surface area contributed by atoms with Crippen LogP contribution in [0.2, 0.25) is 0 Å². The van der Waals surface area contributed by atoms with E-state index in [1.165, 1.54) is 0 Å². The third kappa shape index (κ3) is 12.0. The van der Waals surface area contributed by atoms with Crippen molar-refractivity contribution in [3.05, 3.63) is 163 Å². The van der Waals surface area contributed by atoms with Crippen LogP contribution in [-0.4, -0.2) is 53.1 Å². The van der Waals surface area contributed by atoms with Crippen molar-refractivity contribution in [1.29, 1.82) is 0 Å². The number of carbonyl (C=O) groups is 4. The molecule has 2 aliphatic heterocycles. The van der Waals surface area contributed by atoms with Gasteiger partial charge in [0.1, 0.15) is 0 Å². The van der Waals surface area contributed by atoms with Crippen LogP contribution < -0.4 is 21.3 Å². The fourth-order valence-corrected chi connectivity index (χ4v) is 9.72. The number of hydrogen-bond donors (Lipinski definition) is 6. The Morgan fingerprint density at radius 1 is 0.432 bits per heavy atom. The van der Waals surface area contributed by atoms with Gasteiger partial charge in [0, 0.05) is 131 Å². The molecule has 0 aliphatic carbocycles.